The number of ether oxygens (including phenoxy) is 1. The molecule has 2 aromatic heterocycles. The molecule has 10 rings (SSSR count). The first-order valence-electron chi connectivity index (χ1n) is 22.0. The predicted molar refractivity (Wildman–Crippen MR) is 241 cm³/mol. The fourth-order valence-electron chi connectivity index (χ4n) is 9.05. The number of nitrogens with zero attached hydrogens (tertiary/aromatic N) is 4. The van der Waals surface area contributed by atoms with Crippen LogP contribution in [0.25, 0.3) is 0 Å². The molecule has 0 spiro atoms. The lowest BCUT2D eigenvalue weighted by Gasteiger charge is -2.32. The van der Waals surface area contributed by atoms with Crippen molar-refractivity contribution >= 4 is 23.3 Å². The van der Waals surface area contributed by atoms with Crippen molar-refractivity contribution in [3.63, 3.8) is 0 Å². The van der Waals surface area contributed by atoms with Crippen LogP contribution in [0.2, 0.25) is 0 Å². The summed E-state index contributed by atoms with van der Waals surface area (Å²) in [5.41, 5.74) is 15.0. The number of aromatic carboxylic acids is 1. The highest BCUT2D eigenvalue weighted by molar-refractivity contribution is 5.91. The fraction of sp³-hybridized carbons (Fsp3) is 0.321. The molecule has 4 aromatic carbocycles. The summed E-state index contributed by atoms with van der Waals surface area (Å²) in [6.07, 6.45) is 14.1. The maximum absolute atomic E-state index is 12.4. The number of methoxy groups -OCH3 is 1. The zero-order valence-corrected chi connectivity index (χ0v) is 35.1. The SMILES string of the molecule is COC(=O)c1cc(C2CC2)cnc1Cc1ccc2c(c1)CCCN2Cc1ccccc1.O=C(O)c1cc(C2CC2)cnc1Cc1ccc2c(c1)CCCN2Cc1ccccc1. The molecule has 6 aromatic rings. The van der Waals surface area contributed by atoms with Gasteiger partial charge in [-0.25, -0.2) is 9.59 Å². The van der Waals surface area contributed by atoms with E-state index in [1.54, 1.807) is 0 Å². The molecular formula is C53H54N4O4. The van der Waals surface area contributed by atoms with Crippen LogP contribution in [0, 0.1) is 0 Å². The first kappa shape index (κ1) is 40.1. The molecule has 4 heterocycles. The van der Waals surface area contributed by atoms with Gasteiger partial charge in [-0.3, -0.25) is 9.97 Å². The number of aryl methyl sites for hydroxylation is 2. The van der Waals surface area contributed by atoms with Gasteiger partial charge in [-0.1, -0.05) is 84.9 Å². The molecule has 4 aliphatic rings. The third kappa shape index (κ3) is 9.70. The minimum atomic E-state index is -0.882. The molecule has 0 saturated heterocycles. The van der Waals surface area contributed by atoms with Crippen molar-refractivity contribution < 1.29 is 19.4 Å². The van der Waals surface area contributed by atoms with Gasteiger partial charge in [-0.05, 0) is 132 Å². The van der Waals surface area contributed by atoms with Gasteiger partial charge in [0.05, 0.1) is 29.6 Å². The number of benzene rings is 4. The van der Waals surface area contributed by atoms with E-state index in [4.69, 9.17) is 4.74 Å². The monoisotopic (exact) mass is 810 g/mol. The van der Waals surface area contributed by atoms with Gasteiger partial charge in [0.2, 0.25) is 0 Å². The number of rotatable bonds is 12. The Balaban J connectivity index is 0.000000156. The minimum absolute atomic E-state index is 0.294. The van der Waals surface area contributed by atoms with Gasteiger partial charge in [-0.15, -0.1) is 0 Å². The maximum Gasteiger partial charge on any atom is 0.339 e. The highest BCUT2D eigenvalue weighted by Gasteiger charge is 2.28. The number of carboxylic acid groups (broad SMARTS) is 1. The number of hydrogen-bond donors (Lipinski definition) is 1. The minimum Gasteiger partial charge on any atom is -0.478 e. The molecule has 0 atom stereocenters. The van der Waals surface area contributed by atoms with Gasteiger partial charge < -0.3 is 19.6 Å². The molecule has 310 valence electrons. The Morgan fingerprint density at radius 1 is 0.607 bits per heavy atom. The van der Waals surface area contributed by atoms with Crippen molar-refractivity contribution in [2.24, 2.45) is 0 Å². The van der Waals surface area contributed by atoms with Crippen molar-refractivity contribution in [2.75, 3.05) is 30.0 Å². The summed E-state index contributed by atoms with van der Waals surface area (Å²) in [5, 5.41) is 9.69. The topological polar surface area (TPSA) is 95.9 Å². The number of pyridine rings is 2. The molecule has 61 heavy (non-hydrogen) atoms. The average molecular weight is 811 g/mol. The Bertz CT molecular complexity index is 2510. The molecule has 0 amide bonds. The van der Waals surface area contributed by atoms with Crippen molar-refractivity contribution in [1.82, 2.24) is 9.97 Å². The fourth-order valence-corrected chi connectivity index (χ4v) is 9.05. The number of aromatic nitrogens is 2. The molecule has 0 unspecified atom stereocenters. The number of fused-ring (bicyclic) bond motifs is 2. The second-order valence-electron chi connectivity index (χ2n) is 17.2. The van der Waals surface area contributed by atoms with E-state index in [1.807, 2.05) is 24.5 Å². The Morgan fingerprint density at radius 2 is 1.07 bits per heavy atom. The maximum atomic E-state index is 12.4. The first-order chi connectivity index (χ1) is 29.9. The van der Waals surface area contributed by atoms with Crippen LogP contribution in [0.1, 0.15) is 127 Å². The molecule has 0 bridgehead atoms. The summed E-state index contributed by atoms with van der Waals surface area (Å²) in [7, 11) is 1.44. The highest BCUT2D eigenvalue weighted by Crippen LogP contribution is 2.41. The largest absolute Gasteiger partial charge is 0.478 e. The molecule has 8 nitrogen and oxygen atoms in total. The third-order valence-corrected chi connectivity index (χ3v) is 12.6. The molecule has 2 fully saturated rings. The summed E-state index contributed by atoms with van der Waals surface area (Å²) in [5.74, 6) is -0.114. The molecule has 0 radical (unpaired) electrons. The molecule has 1 N–H and O–H groups in total. The van der Waals surface area contributed by atoms with Crippen LogP contribution in [-0.2, 0) is 43.5 Å². The van der Waals surface area contributed by atoms with Crippen LogP contribution >= 0.6 is 0 Å². The van der Waals surface area contributed by atoms with E-state index >= 15 is 0 Å². The van der Waals surface area contributed by atoms with Crippen LogP contribution < -0.4 is 9.80 Å². The van der Waals surface area contributed by atoms with Crippen LogP contribution in [0.15, 0.2) is 122 Å². The normalized spacial score (nSPS) is 15.6. The van der Waals surface area contributed by atoms with Gasteiger partial charge >= 0.3 is 11.9 Å². The number of carbonyl (C=O) groups excluding carboxylic acids is 1. The van der Waals surface area contributed by atoms with Gasteiger partial charge in [-0.2, -0.15) is 0 Å². The summed E-state index contributed by atoms with van der Waals surface area (Å²) in [6, 6.07) is 38.3. The Morgan fingerprint density at radius 3 is 1.51 bits per heavy atom. The number of anilines is 2. The summed E-state index contributed by atoms with van der Waals surface area (Å²) >= 11 is 0. The number of carbonyl (C=O) groups is 2. The number of esters is 1. The lowest BCUT2D eigenvalue weighted by molar-refractivity contribution is 0.0598. The summed E-state index contributed by atoms with van der Waals surface area (Å²) < 4.78 is 5.05. The van der Waals surface area contributed by atoms with E-state index in [9.17, 15) is 14.7 Å². The molecule has 8 heteroatoms. The van der Waals surface area contributed by atoms with Crippen molar-refractivity contribution in [3.8, 4) is 0 Å². The standard InChI is InChI=1S/C27H28N2O2.C26H26N2O2/c1-31-27(30)24-16-23(21-10-11-21)17-28-25(24)15-20-9-12-26-22(14-20)8-5-13-29(26)18-19-6-3-2-4-7-19;29-26(30)23-15-22(20-9-10-20)16-27-24(23)14-19-8-11-25-21(13-19)7-4-12-28(25)17-18-5-2-1-3-6-18/h2-4,6-7,9,12,14,16-17,21H,5,8,10-11,13,15,18H2,1H3;1-3,5-6,8,11,13,15-16,20H,4,7,9-10,12,14,17H2,(H,29,30). The van der Waals surface area contributed by atoms with Gasteiger partial charge in [0.25, 0.3) is 0 Å². The molecular weight excluding hydrogens is 757 g/mol. The van der Waals surface area contributed by atoms with Gasteiger partial charge in [0, 0.05) is 62.8 Å². The van der Waals surface area contributed by atoms with Crippen molar-refractivity contribution in [3.05, 3.63) is 189 Å². The van der Waals surface area contributed by atoms with Gasteiger partial charge in [0.1, 0.15) is 0 Å². The highest BCUT2D eigenvalue weighted by atomic mass is 16.5. The zero-order valence-electron chi connectivity index (χ0n) is 35.1. The first-order valence-corrected chi connectivity index (χ1v) is 22.0. The van der Waals surface area contributed by atoms with E-state index in [1.165, 1.54) is 59.1 Å². The number of carboxylic acids is 1. The van der Waals surface area contributed by atoms with E-state index in [0.29, 0.717) is 41.5 Å². The van der Waals surface area contributed by atoms with Crippen molar-refractivity contribution in [1.29, 1.82) is 0 Å². The average Bonchev–Trinajstić information content (AvgIpc) is 4.23. The van der Waals surface area contributed by atoms with E-state index in [2.05, 4.69) is 117 Å². The van der Waals surface area contributed by atoms with E-state index < -0.39 is 5.97 Å². The quantitative estimate of drug-likeness (QED) is 0.122. The smallest absolute Gasteiger partial charge is 0.339 e. The van der Waals surface area contributed by atoms with Crippen LogP contribution in [0.4, 0.5) is 11.4 Å². The van der Waals surface area contributed by atoms with E-state index in [0.717, 1.165) is 87.1 Å². The lowest BCUT2D eigenvalue weighted by atomic mass is 9.95. The van der Waals surface area contributed by atoms with Crippen LogP contribution in [0.5, 0.6) is 0 Å². The van der Waals surface area contributed by atoms with Gasteiger partial charge in [0.15, 0.2) is 0 Å². The third-order valence-electron chi connectivity index (χ3n) is 12.6. The second-order valence-corrected chi connectivity index (χ2v) is 17.2. The molecule has 2 saturated carbocycles. The summed E-state index contributed by atoms with van der Waals surface area (Å²) in [6.45, 7) is 4.00. The predicted octanol–water partition coefficient (Wildman–Crippen LogP) is 10.5. The van der Waals surface area contributed by atoms with Crippen molar-refractivity contribution in [2.45, 2.75) is 89.1 Å². The Kier molecular flexibility index (Phi) is 11.9. The summed E-state index contributed by atoms with van der Waals surface area (Å²) in [4.78, 5) is 38.4. The Hall–Kier alpha value is -6.28. The number of hydrogen-bond acceptors (Lipinski definition) is 7. The Labute approximate surface area is 359 Å². The van der Waals surface area contributed by atoms with E-state index in [-0.39, 0.29) is 5.97 Å². The zero-order chi connectivity index (χ0) is 41.7. The van der Waals surface area contributed by atoms with Crippen LogP contribution in [-0.4, -0.2) is 47.2 Å². The molecule has 2 aliphatic carbocycles. The molecule has 2 aliphatic heterocycles. The lowest BCUT2D eigenvalue weighted by Crippen LogP contribution is -2.28. The second kappa shape index (κ2) is 18.1. The van der Waals surface area contributed by atoms with Crippen LogP contribution in [0.3, 0.4) is 0 Å².